The van der Waals surface area contributed by atoms with Crippen LogP contribution in [0.25, 0.3) is 11.1 Å². The van der Waals surface area contributed by atoms with Gasteiger partial charge in [0.15, 0.2) is 0 Å². The van der Waals surface area contributed by atoms with Crippen LogP contribution >= 0.6 is 0 Å². The number of non-ortho nitro benzene ring substituents is 1. The summed E-state index contributed by atoms with van der Waals surface area (Å²) in [6, 6.07) is 6.39. The zero-order valence-corrected chi connectivity index (χ0v) is 17.0. The number of aryl methyl sites for hydroxylation is 1. The fraction of sp³-hybridized carbons (Fsp3) is 0.176. The van der Waals surface area contributed by atoms with E-state index < -0.39 is 35.1 Å². The predicted molar refractivity (Wildman–Crippen MR) is 99.6 cm³/mol. The van der Waals surface area contributed by atoms with E-state index in [1.807, 2.05) is 0 Å². The third-order valence-corrected chi connectivity index (χ3v) is 6.52. The number of benzene rings is 2. The summed E-state index contributed by atoms with van der Waals surface area (Å²) in [5.41, 5.74) is -0.134. The number of anilines is 1. The second-order valence-corrected chi connectivity index (χ2v) is 9.45. The van der Waals surface area contributed by atoms with Crippen LogP contribution in [0.5, 0.6) is 0 Å². The summed E-state index contributed by atoms with van der Waals surface area (Å²) in [7, 11) is 0. The van der Waals surface area contributed by atoms with Gasteiger partial charge in [-0.2, -0.15) is 0 Å². The quantitative estimate of drug-likeness (QED) is 0.197. The Morgan fingerprint density at radius 2 is 1.89 bits per heavy atom. The van der Waals surface area contributed by atoms with Crippen molar-refractivity contribution in [1.82, 2.24) is 0 Å². The molecule has 0 saturated carbocycles. The average Bonchev–Trinajstić information content (AvgIpc) is 2.60. The van der Waals surface area contributed by atoms with E-state index in [0.717, 1.165) is 6.07 Å². The van der Waals surface area contributed by atoms with Gasteiger partial charge in [0.05, 0.1) is 0 Å². The Morgan fingerprint density at radius 3 is 2.39 bits per heavy atom. The molecule has 0 bridgehead atoms. The fourth-order valence-corrected chi connectivity index (χ4v) is 5.10. The second-order valence-electron chi connectivity index (χ2n) is 5.99. The first-order chi connectivity index (χ1) is 13.0. The molecule has 2 aromatic carbocycles. The van der Waals surface area contributed by atoms with E-state index in [1.54, 1.807) is 6.92 Å². The van der Waals surface area contributed by atoms with E-state index in [-0.39, 0.29) is 28.1 Å². The number of amides is 1. The van der Waals surface area contributed by atoms with Crippen LogP contribution in [0.15, 0.2) is 30.3 Å². The number of nitrogens with zero attached hydrogens (tertiary/aromatic N) is 1. The number of rotatable bonds is 6. The van der Waals surface area contributed by atoms with E-state index in [9.17, 15) is 27.5 Å². The van der Waals surface area contributed by atoms with Crippen LogP contribution < -0.4 is 9.67 Å². The van der Waals surface area contributed by atoms with Crippen molar-refractivity contribution in [1.29, 1.82) is 0 Å². The van der Waals surface area contributed by atoms with Gasteiger partial charge in [-0.05, 0) is 0 Å². The molecule has 0 aliphatic heterocycles. The van der Waals surface area contributed by atoms with Gasteiger partial charge < -0.3 is 0 Å². The van der Waals surface area contributed by atoms with Crippen molar-refractivity contribution in [2.75, 3.05) is 5.32 Å². The van der Waals surface area contributed by atoms with Gasteiger partial charge in [-0.1, -0.05) is 0 Å². The summed E-state index contributed by atoms with van der Waals surface area (Å²) < 4.78 is 26.2. The second kappa shape index (κ2) is 8.07. The summed E-state index contributed by atoms with van der Waals surface area (Å²) in [6.07, 6.45) is 0. The maximum absolute atomic E-state index is 12.6. The number of nitro benzene ring substituents is 1. The number of carbonyl (C=O) groups excluding carboxylic acids is 2. The molecule has 10 nitrogen and oxygen atoms in total. The fourth-order valence-electron chi connectivity index (χ4n) is 2.94. The molecule has 1 atom stereocenters. The minimum absolute atomic E-state index is 0.0114. The van der Waals surface area contributed by atoms with Gasteiger partial charge in [-0.3, -0.25) is 0 Å². The Kier molecular flexibility index (Phi) is 6.20. The molecule has 0 aliphatic carbocycles. The van der Waals surface area contributed by atoms with Crippen LogP contribution in [0.2, 0.25) is 0 Å². The normalized spacial score (nSPS) is 12.9. The molecular weight excluding hydrogens is 435 g/mol. The molecule has 28 heavy (non-hydrogen) atoms. The molecule has 0 radical (unpaired) electrons. The Balaban J connectivity index is 3.06. The molecule has 3 N–H and O–H groups in total. The molecule has 2 rings (SSSR count). The molecule has 11 heteroatoms. The standard InChI is InChI=1S/C17H17AsN2O8/c1-9-7-14(19-11(3)22)17(18(23,24)28-27)16(15(9)10(2)21)12-5-4-6-13(8-12)20(25)26/h4-8,27H,1-3H3,(H,19,22)(H,23,24). The molecule has 2 aromatic rings. The van der Waals surface area contributed by atoms with Gasteiger partial charge in [-0.15, -0.1) is 0 Å². The van der Waals surface area contributed by atoms with Crippen LogP contribution in [0.1, 0.15) is 29.8 Å². The molecular formula is C17H17AsN2O8. The Hall–Kier alpha value is -2.78. The molecule has 0 saturated heterocycles. The van der Waals surface area contributed by atoms with Gasteiger partial charge in [0.25, 0.3) is 0 Å². The number of nitro groups is 1. The van der Waals surface area contributed by atoms with E-state index >= 15 is 0 Å². The number of nitrogens with one attached hydrogen (secondary N) is 1. The van der Waals surface area contributed by atoms with Crippen molar-refractivity contribution in [3.8, 4) is 11.1 Å². The Bertz CT molecular complexity index is 1030. The van der Waals surface area contributed by atoms with E-state index in [0.29, 0.717) is 5.56 Å². The zero-order valence-electron chi connectivity index (χ0n) is 15.1. The van der Waals surface area contributed by atoms with E-state index in [1.165, 1.54) is 38.1 Å². The van der Waals surface area contributed by atoms with Crippen molar-refractivity contribution >= 4 is 41.6 Å². The molecule has 0 spiro atoms. The van der Waals surface area contributed by atoms with E-state index in [2.05, 4.69) is 9.19 Å². The molecule has 0 heterocycles. The topological polar surface area (TPSA) is 156 Å². The Labute approximate surface area is 162 Å². The van der Waals surface area contributed by atoms with Gasteiger partial charge in [0.2, 0.25) is 0 Å². The third-order valence-electron chi connectivity index (χ3n) is 3.90. The van der Waals surface area contributed by atoms with Crippen molar-refractivity contribution in [2.45, 2.75) is 20.8 Å². The number of hydrogen-bond acceptors (Lipinski definition) is 7. The summed E-state index contributed by atoms with van der Waals surface area (Å²) in [6.45, 7) is 3.93. The predicted octanol–water partition coefficient (Wildman–Crippen LogP) is 1.79. The van der Waals surface area contributed by atoms with Crippen LogP contribution in [0.3, 0.4) is 0 Å². The summed E-state index contributed by atoms with van der Waals surface area (Å²) in [5.74, 6) is -1.06. The first-order valence-electron chi connectivity index (χ1n) is 7.87. The van der Waals surface area contributed by atoms with Crippen molar-refractivity contribution in [3.05, 3.63) is 51.6 Å². The monoisotopic (exact) mass is 452 g/mol. The van der Waals surface area contributed by atoms with Crippen molar-refractivity contribution < 1.29 is 31.5 Å². The number of ketones is 1. The zero-order chi connectivity index (χ0) is 21.2. The van der Waals surface area contributed by atoms with Crippen molar-refractivity contribution in [3.63, 3.8) is 0 Å². The van der Waals surface area contributed by atoms with E-state index in [4.69, 9.17) is 5.26 Å². The van der Waals surface area contributed by atoms with Gasteiger partial charge in [0.1, 0.15) is 0 Å². The van der Waals surface area contributed by atoms with Crippen LogP contribution in [-0.4, -0.2) is 40.1 Å². The molecule has 0 aliphatic rings. The van der Waals surface area contributed by atoms with Crippen LogP contribution in [0, 0.1) is 17.0 Å². The molecule has 148 valence electrons. The maximum atomic E-state index is 12.6. The molecule has 0 aromatic heterocycles. The summed E-state index contributed by atoms with van der Waals surface area (Å²) in [5, 5.41) is 22.5. The third kappa shape index (κ3) is 4.20. The molecule has 0 fully saturated rings. The summed E-state index contributed by atoms with van der Waals surface area (Å²) in [4.78, 5) is 34.3. The van der Waals surface area contributed by atoms with Crippen molar-refractivity contribution in [2.24, 2.45) is 0 Å². The van der Waals surface area contributed by atoms with Gasteiger partial charge >= 0.3 is 162 Å². The molecule has 1 unspecified atom stereocenters. The number of carbonyl (C=O) groups is 2. The number of Topliss-reactive ketones (excluding diaryl/α,β-unsaturated/α-hetero) is 1. The Morgan fingerprint density at radius 1 is 1.25 bits per heavy atom. The minimum atomic E-state index is -5.67. The van der Waals surface area contributed by atoms with Crippen LogP contribution in [0.4, 0.5) is 11.4 Å². The first-order valence-corrected chi connectivity index (χ1v) is 11.2. The SMILES string of the molecule is CC(=O)Nc1cc(C)c(C(C)=O)c(-c2cccc([N+](=O)[O-])c2)c1[As](=O)(O)OO. The summed E-state index contributed by atoms with van der Waals surface area (Å²) >= 11 is -5.67. The molecule has 1 amide bonds. The van der Waals surface area contributed by atoms with Crippen LogP contribution in [-0.2, 0) is 12.4 Å². The van der Waals surface area contributed by atoms with Gasteiger partial charge in [-0.25, -0.2) is 0 Å². The first kappa shape index (κ1) is 21.5. The van der Waals surface area contributed by atoms with Gasteiger partial charge in [0, 0.05) is 0 Å². The average molecular weight is 452 g/mol. The number of hydrogen-bond donors (Lipinski definition) is 3.